The molecule has 0 aromatic heterocycles. The Morgan fingerprint density at radius 2 is 2.00 bits per heavy atom. The number of rotatable bonds is 10. The van der Waals surface area contributed by atoms with Crippen LogP contribution in [0.2, 0.25) is 0 Å². The van der Waals surface area contributed by atoms with E-state index in [-0.39, 0.29) is 36.7 Å². The third kappa shape index (κ3) is 8.66. The van der Waals surface area contributed by atoms with Crippen LogP contribution in [-0.2, 0) is 4.74 Å². The van der Waals surface area contributed by atoms with Gasteiger partial charge in [0.2, 0.25) is 0 Å². The fraction of sp³-hybridized carbons (Fsp3) is 0.682. The SMILES string of the molecule is CCNC(=NCC(CCO)CC(C)C)NCC1CCOC1c1ccccc1.I. The molecule has 3 atom stereocenters. The molecular weight excluding hydrogens is 465 g/mol. The molecule has 0 saturated carbocycles. The average Bonchev–Trinajstić information content (AvgIpc) is 3.13. The second-order valence-electron chi connectivity index (χ2n) is 7.86. The minimum Gasteiger partial charge on any atom is -0.396 e. The van der Waals surface area contributed by atoms with Crippen molar-refractivity contribution in [2.75, 3.05) is 32.8 Å². The lowest BCUT2D eigenvalue weighted by molar-refractivity contribution is 0.0915. The first-order valence-corrected chi connectivity index (χ1v) is 10.4. The van der Waals surface area contributed by atoms with Gasteiger partial charge in [-0.05, 0) is 43.6 Å². The molecule has 6 heteroatoms. The Kier molecular flexibility index (Phi) is 12.7. The summed E-state index contributed by atoms with van der Waals surface area (Å²) in [5.74, 6) is 2.36. The highest BCUT2D eigenvalue weighted by Crippen LogP contribution is 2.33. The summed E-state index contributed by atoms with van der Waals surface area (Å²) in [7, 11) is 0. The van der Waals surface area contributed by atoms with Crippen molar-refractivity contribution >= 4 is 29.9 Å². The largest absolute Gasteiger partial charge is 0.396 e. The molecule has 0 spiro atoms. The molecule has 160 valence electrons. The number of ether oxygens (including phenoxy) is 1. The Balaban J connectivity index is 0.00000392. The van der Waals surface area contributed by atoms with Gasteiger partial charge in [0, 0.05) is 38.8 Å². The summed E-state index contributed by atoms with van der Waals surface area (Å²) < 4.78 is 5.99. The zero-order valence-corrected chi connectivity index (χ0v) is 19.9. The summed E-state index contributed by atoms with van der Waals surface area (Å²) in [6.45, 7) is 10.0. The van der Waals surface area contributed by atoms with Gasteiger partial charge in [-0.15, -0.1) is 24.0 Å². The summed E-state index contributed by atoms with van der Waals surface area (Å²) in [5, 5.41) is 16.2. The second kappa shape index (κ2) is 14.2. The molecule has 1 aliphatic heterocycles. The predicted molar refractivity (Wildman–Crippen MR) is 127 cm³/mol. The third-order valence-corrected chi connectivity index (χ3v) is 5.07. The van der Waals surface area contributed by atoms with Crippen LogP contribution in [0.1, 0.15) is 51.7 Å². The van der Waals surface area contributed by atoms with Gasteiger partial charge in [0.1, 0.15) is 0 Å². The van der Waals surface area contributed by atoms with E-state index in [2.05, 4.69) is 55.7 Å². The molecule has 1 aromatic carbocycles. The van der Waals surface area contributed by atoms with Crippen LogP contribution >= 0.6 is 24.0 Å². The highest BCUT2D eigenvalue weighted by Gasteiger charge is 2.29. The molecule has 1 heterocycles. The van der Waals surface area contributed by atoms with Crippen LogP contribution in [0.15, 0.2) is 35.3 Å². The molecular formula is C22H38IN3O2. The van der Waals surface area contributed by atoms with Crippen LogP contribution in [0.25, 0.3) is 0 Å². The monoisotopic (exact) mass is 503 g/mol. The van der Waals surface area contributed by atoms with Crippen LogP contribution in [0.5, 0.6) is 0 Å². The summed E-state index contributed by atoms with van der Waals surface area (Å²) in [5.41, 5.74) is 1.25. The molecule has 28 heavy (non-hydrogen) atoms. The van der Waals surface area contributed by atoms with Gasteiger partial charge >= 0.3 is 0 Å². The smallest absolute Gasteiger partial charge is 0.191 e. The van der Waals surface area contributed by atoms with Gasteiger partial charge < -0.3 is 20.5 Å². The van der Waals surface area contributed by atoms with Crippen LogP contribution < -0.4 is 10.6 Å². The molecule has 0 bridgehead atoms. The van der Waals surface area contributed by atoms with Gasteiger partial charge in [-0.25, -0.2) is 0 Å². The Hall–Kier alpha value is -0.860. The van der Waals surface area contributed by atoms with Crippen molar-refractivity contribution in [3.63, 3.8) is 0 Å². The molecule has 1 fully saturated rings. The number of aliphatic hydroxyl groups excluding tert-OH is 1. The molecule has 2 rings (SSSR count). The lowest BCUT2D eigenvalue weighted by Crippen LogP contribution is -2.40. The van der Waals surface area contributed by atoms with Crippen LogP contribution in [0.4, 0.5) is 0 Å². The lowest BCUT2D eigenvalue weighted by Gasteiger charge is -2.21. The molecule has 0 aliphatic carbocycles. The van der Waals surface area contributed by atoms with Crippen molar-refractivity contribution in [2.45, 2.75) is 46.1 Å². The number of benzene rings is 1. The molecule has 1 saturated heterocycles. The van der Waals surface area contributed by atoms with E-state index in [0.29, 0.717) is 17.8 Å². The molecule has 3 N–H and O–H groups in total. The van der Waals surface area contributed by atoms with Gasteiger partial charge in [-0.2, -0.15) is 0 Å². The Morgan fingerprint density at radius 1 is 1.25 bits per heavy atom. The van der Waals surface area contributed by atoms with Crippen molar-refractivity contribution in [1.82, 2.24) is 10.6 Å². The summed E-state index contributed by atoms with van der Waals surface area (Å²) >= 11 is 0. The van der Waals surface area contributed by atoms with Crippen molar-refractivity contribution in [2.24, 2.45) is 22.7 Å². The standard InChI is InChI=1S/C22H37N3O2.HI/c1-4-23-22(24-15-18(10-12-26)14-17(2)3)25-16-20-11-13-27-21(20)19-8-6-5-7-9-19;/h5-9,17-18,20-21,26H,4,10-16H2,1-3H3,(H2,23,24,25);1H. The number of hydrogen-bond donors (Lipinski definition) is 3. The Morgan fingerprint density at radius 3 is 2.64 bits per heavy atom. The normalized spacial score (nSPS) is 20.7. The van der Waals surface area contributed by atoms with Crippen molar-refractivity contribution < 1.29 is 9.84 Å². The molecule has 0 amide bonds. The van der Waals surface area contributed by atoms with Gasteiger partial charge in [0.15, 0.2) is 5.96 Å². The van der Waals surface area contributed by atoms with Gasteiger partial charge in [-0.3, -0.25) is 4.99 Å². The number of aliphatic hydroxyl groups is 1. The molecule has 5 nitrogen and oxygen atoms in total. The van der Waals surface area contributed by atoms with E-state index in [4.69, 9.17) is 9.73 Å². The number of aliphatic imine (C=N–C) groups is 1. The first kappa shape index (κ1) is 25.2. The maximum Gasteiger partial charge on any atom is 0.191 e. The minimum absolute atomic E-state index is 0. The van der Waals surface area contributed by atoms with E-state index in [1.807, 2.05) is 6.07 Å². The van der Waals surface area contributed by atoms with Gasteiger partial charge in [0.25, 0.3) is 0 Å². The maximum atomic E-state index is 9.31. The van der Waals surface area contributed by atoms with E-state index in [1.54, 1.807) is 0 Å². The zero-order valence-electron chi connectivity index (χ0n) is 17.6. The van der Waals surface area contributed by atoms with E-state index < -0.39 is 0 Å². The number of guanidine groups is 1. The summed E-state index contributed by atoms with van der Waals surface area (Å²) in [6, 6.07) is 10.5. The quantitative estimate of drug-likeness (QED) is 0.257. The van der Waals surface area contributed by atoms with Crippen LogP contribution in [-0.4, -0.2) is 43.9 Å². The van der Waals surface area contributed by atoms with Crippen molar-refractivity contribution in [3.8, 4) is 0 Å². The van der Waals surface area contributed by atoms with Crippen LogP contribution in [0.3, 0.4) is 0 Å². The fourth-order valence-electron chi connectivity index (χ4n) is 3.78. The number of nitrogens with one attached hydrogen (secondary N) is 2. The maximum absolute atomic E-state index is 9.31. The first-order chi connectivity index (χ1) is 13.1. The fourth-order valence-corrected chi connectivity index (χ4v) is 3.78. The highest BCUT2D eigenvalue weighted by atomic mass is 127. The van der Waals surface area contributed by atoms with E-state index >= 15 is 0 Å². The van der Waals surface area contributed by atoms with Gasteiger partial charge in [-0.1, -0.05) is 44.2 Å². The number of halogens is 1. The Labute approximate surface area is 187 Å². The van der Waals surface area contributed by atoms with E-state index in [0.717, 1.165) is 51.5 Å². The third-order valence-electron chi connectivity index (χ3n) is 5.07. The highest BCUT2D eigenvalue weighted by molar-refractivity contribution is 14.0. The predicted octanol–water partition coefficient (Wildman–Crippen LogP) is 3.98. The minimum atomic E-state index is 0. The topological polar surface area (TPSA) is 65.9 Å². The van der Waals surface area contributed by atoms with Gasteiger partial charge in [0.05, 0.1) is 6.10 Å². The van der Waals surface area contributed by atoms with E-state index in [1.165, 1.54) is 5.56 Å². The summed E-state index contributed by atoms with van der Waals surface area (Å²) in [6.07, 6.45) is 3.13. The second-order valence-corrected chi connectivity index (χ2v) is 7.86. The first-order valence-electron chi connectivity index (χ1n) is 10.4. The summed E-state index contributed by atoms with van der Waals surface area (Å²) in [4.78, 5) is 4.79. The molecule has 3 unspecified atom stereocenters. The van der Waals surface area contributed by atoms with Crippen LogP contribution in [0, 0.1) is 17.8 Å². The zero-order chi connectivity index (χ0) is 19.5. The lowest BCUT2D eigenvalue weighted by atomic mass is 9.94. The van der Waals surface area contributed by atoms with E-state index in [9.17, 15) is 5.11 Å². The molecule has 1 aliphatic rings. The number of hydrogen-bond acceptors (Lipinski definition) is 3. The number of nitrogens with zero attached hydrogens (tertiary/aromatic N) is 1. The Bertz CT molecular complexity index is 554. The van der Waals surface area contributed by atoms with Crippen molar-refractivity contribution in [3.05, 3.63) is 35.9 Å². The van der Waals surface area contributed by atoms with Crippen molar-refractivity contribution in [1.29, 1.82) is 0 Å². The molecule has 0 radical (unpaired) electrons. The average molecular weight is 503 g/mol. The molecule has 1 aromatic rings.